The van der Waals surface area contributed by atoms with Gasteiger partial charge in [-0.05, 0) is 6.07 Å². The highest BCUT2D eigenvalue weighted by Gasteiger charge is 2.32. The van der Waals surface area contributed by atoms with Crippen LogP contribution in [0.2, 0.25) is 5.02 Å². The molecule has 2 nitrogen and oxygen atoms in total. The lowest BCUT2D eigenvalue weighted by atomic mass is 10.2. The Hall–Kier alpha value is -2.01. The van der Waals surface area contributed by atoms with Gasteiger partial charge in [0.05, 0.1) is 22.5 Å². The molecule has 0 aliphatic heterocycles. The maximum atomic E-state index is 12.8. The van der Waals surface area contributed by atoms with Gasteiger partial charge in [-0.25, -0.2) is 4.98 Å². The van der Waals surface area contributed by atoms with E-state index < -0.39 is 11.7 Å². The highest BCUT2D eigenvalue weighted by atomic mass is 35.5. The van der Waals surface area contributed by atoms with Crippen molar-refractivity contribution < 1.29 is 13.2 Å². The minimum absolute atomic E-state index is 0.0259. The number of aromatic nitrogens is 2. The van der Waals surface area contributed by atoms with Crippen molar-refractivity contribution in [2.75, 3.05) is 0 Å². The molecule has 6 heteroatoms. The Labute approximate surface area is 117 Å². The quantitative estimate of drug-likeness (QED) is 0.637. The van der Waals surface area contributed by atoms with Crippen LogP contribution in [-0.2, 0) is 6.18 Å². The van der Waals surface area contributed by atoms with Crippen molar-refractivity contribution in [1.29, 1.82) is 0 Å². The Kier molecular flexibility index (Phi) is 2.94. The van der Waals surface area contributed by atoms with Crippen molar-refractivity contribution in [3.63, 3.8) is 0 Å². The Bertz CT molecular complexity index is 763. The van der Waals surface area contributed by atoms with E-state index >= 15 is 0 Å². The van der Waals surface area contributed by atoms with Crippen molar-refractivity contribution in [3.8, 4) is 11.3 Å². The lowest BCUT2D eigenvalue weighted by Gasteiger charge is -2.09. The Morgan fingerprint density at radius 2 is 1.80 bits per heavy atom. The predicted octanol–water partition coefficient (Wildman–Crippen LogP) is 4.67. The summed E-state index contributed by atoms with van der Waals surface area (Å²) in [7, 11) is 0. The summed E-state index contributed by atoms with van der Waals surface area (Å²) in [4.78, 5) is 4.08. The Balaban J connectivity index is 2.28. The van der Waals surface area contributed by atoms with Gasteiger partial charge in [-0.2, -0.15) is 13.2 Å². The van der Waals surface area contributed by atoms with E-state index in [1.165, 1.54) is 10.6 Å². The van der Waals surface area contributed by atoms with Gasteiger partial charge < -0.3 is 0 Å². The zero-order valence-electron chi connectivity index (χ0n) is 10.0. The van der Waals surface area contributed by atoms with Crippen molar-refractivity contribution in [2.45, 2.75) is 6.18 Å². The fraction of sp³-hybridized carbons (Fsp3) is 0.0714. The van der Waals surface area contributed by atoms with Crippen LogP contribution in [0.5, 0.6) is 0 Å². The first-order valence-corrected chi connectivity index (χ1v) is 6.14. The first kappa shape index (κ1) is 13.0. The summed E-state index contributed by atoms with van der Waals surface area (Å²) in [6.07, 6.45) is -1.93. The van der Waals surface area contributed by atoms with E-state index in [2.05, 4.69) is 4.98 Å². The average molecular weight is 297 g/mol. The second-order valence-electron chi connectivity index (χ2n) is 4.28. The van der Waals surface area contributed by atoms with Gasteiger partial charge in [-0.1, -0.05) is 41.9 Å². The largest absolute Gasteiger partial charge is 0.417 e. The molecule has 0 fully saturated rings. The number of imidazole rings is 1. The van der Waals surface area contributed by atoms with Crippen LogP contribution in [0, 0.1) is 0 Å². The van der Waals surface area contributed by atoms with E-state index in [9.17, 15) is 13.2 Å². The average Bonchev–Trinajstić information content (AvgIpc) is 2.83. The molecular formula is C14H8ClF3N2. The smallest absolute Gasteiger partial charge is 0.298 e. The Morgan fingerprint density at radius 1 is 1.10 bits per heavy atom. The third-order valence-electron chi connectivity index (χ3n) is 2.96. The molecule has 0 radical (unpaired) electrons. The lowest BCUT2D eigenvalue weighted by molar-refractivity contribution is -0.137. The van der Waals surface area contributed by atoms with Crippen LogP contribution in [0.25, 0.3) is 16.9 Å². The molecule has 0 saturated heterocycles. The van der Waals surface area contributed by atoms with Crippen LogP contribution in [0.3, 0.4) is 0 Å². The normalized spacial score (nSPS) is 12.0. The molecular weight excluding hydrogens is 289 g/mol. The summed E-state index contributed by atoms with van der Waals surface area (Å²) in [5.41, 5.74) is 0.840. The molecule has 0 aliphatic carbocycles. The molecule has 0 amide bonds. The van der Waals surface area contributed by atoms with E-state index in [-0.39, 0.29) is 5.02 Å². The summed E-state index contributed by atoms with van der Waals surface area (Å²) in [6.45, 7) is 0. The lowest BCUT2D eigenvalue weighted by Crippen LogP contribution is -2.07. The molecule has 102 valence electrons. The zero-order chi connectivity index (χ0) is 14.3. The summed E-state index contributed by atoms with van der Waals surface area (Å²) >= 11 is 5.89. The third-order valence-corrected chi connectivity index (χ3v) is 3.24. The molecule has 0 N–H and O–H groups in total. The van der Waals surface area contributed by atoms with Gasteiger partial charge in [-0.3, -0.25) is 4.40 Å². The van der Waals surface area contributed by atoms with E-state index in [0.29, 0.717) is 11.3 Å². The number of alkyl halides is 3. The number of fused-ring (bicyclic) bond motifs is 1. The molecule has 2 aromatic heterocycles. The molecule has 3 aromatic rings. The monoisotopic (exact) mass is 296 g/mol. The van der Waals surface area contributed by atoms with Crippen LogP contribution >= 0.6 is 11.6 Å². The van der Waals surface area contributed by atoms with Gasteiger partial charge in [0.25, 0.3) is 0 Å². The molecule has 20 heavy (non-hydrogen) atoms. The van der Waals surface area contributed by atoms with Gasteiger partial charge in [0.1, 0.15) is 0 Å². The minimum Gasteiger partial charge on any atom is -0.298 e. The Morgan fingerprint density at radius 3 is 2.45 bits per heavy atom. The summed E-state index contributed by atoms with van der Waals surface area (Å²) in [6, 6.07) is 9.95. The van der Waals surface area contributed by atoms with Gasteiger partial charge in [0.15, 0.2) is 5.65 Å². The molecule has 0 saturated carbocycles. The highest BCUT2D eigenvalue weighted by molar-refractivity contribution is 6.33. The number of hydrogen-bond donors (Lipinski definition) is 0. The molecule has 0 aliphatic rings. The summed E-state index contributed by atoms with van der Waals surface area (Å²) < 4.78 is 39.9. The topological polar surface area (TPSA) is 17.3 Å². The number of hydrogen-bond acceptors (Lipinski definition) is 1. The minimum atomic E-state index is -4.45. The fourth-order valence-electron chi connectivity index (χ4n) is 2.02. The number of rotatable bonds is 1. The number of halogens is 4. The molecule has 2 heterocycles. The summed E-state index contributed by atoms with van der Waals surface area (Å²) in [5, 5.41) is -0.0259. The molecule has 3 rings (SSSR count). The third kappa shape index (κ3) is 2.14. The SMILES string of the molecule is FC(F)(F)c1cc(Cl)c2ncc(-c3ccccc3)n2c1. The van der Waals surface area contributed by atoms with Gasteiger partial charge >= 0.3 is 6.18 Å². The zero-order valence-corrected chi connectivity index (χ0v) is 10.8. The van der Waals surface area contributed by atoms with Crippen molar-refractivity contribution >= 4 is 17.2 Å². The van der Waals surface area contributed by atoms with Crippen LogP contribution < -0.4 is 0 Å². The van der Waals surface area contributed by atoms with Crippen LogP contribution in [-0.4, -0.2) is 9.38 Å². The summed E-state index contributed by atoms with van der Waals surface area (Å²) in [5.74, 6) is 0. The first-order chi connectivity index (χ1) is 9.47. The van der Waals surface area contributed by atoms with Crippen LogP contribution in [0.1, 0.15) is 5.56 Å². The van der Waals surface area contributed by atoms with Gasteiger partial charge in [-0.15, -0.1) is 0 Å². The van der Waals surface area contributed by atoms with E-state index in [0.717, 1.165) is 17.8 Å². The van der Waals surface area contributed by atoms with Crippen LogP contribution in [0.4, 0.5) is 13.2 Å². The van der Waals surface area contributed by atoms with Gasteiger partial charge in [0, 0.05) is 11.8 Å². The molecule has 0 atom stereocenters. The predicted molar refractivity (Wildman–Crippen MR) is 70.6 cm³/mol. The molecule has 1 aromatic carbocycles. The second-order valence-corrected chi connectivity index (χ2v) is 4.68. The maximum absolute atomic E-state index is 12.8. The molecule has 0 bridgehead atoms. The fourth-order valence-corrected chi connectivity index (χ4v) is 2.28. The second kappa shape index (κ2) is 4.52. The number of pyridine rings is 1. The van der Waals surface area contributed by atoms with Crippen molar-refractivity contribution in [2.24, 2.45) is 0 Å². The van der Waals surface area contributed by atoms with Crippen LogP contribution in [0.15, 0.2) is 48.8 Å². The standard InChI is InChI=1S/C14H8ClF3N2/c15-11-6-10(14(16,17)18)8-20-12(7-19-13(11)20)9-4-2-1-3-5-9/h1-8H. The van der Waals surface area contributed by atoms with E-state index in [1.54, 1.807) is 12.1 Å². The van der Waals surface area contributed by atoms with Crippen molar-refractivity contribution in [3.05, 3.63) is 59.4 Å². The molecule has 0 unspecified atom stereocenters. The molecule has 0 spiro atoms. The first-order valence-electron chi connectivity index (χ1n) is 5.76. The van der Waals surface area contributed by atoms with E-state index in [1.807, 2.05) is 18.2 Å². The van der Waals surface area contributed by atoms with Gasteiger partial charge in [0.2, 0.25) is 0 Å². The number of benzene rings is 1. The van der Waals surface area contributed by atoms with Crippen molar-refractivity contribution in [1.82, 2.24) is 9.38 Å². The van der Waals surface area contributed by atoms with E-state index in [4.69, 9.17) is 11.6 Å². The highest BCUT2D eigenvalue weighted by Crippen LogP contribution is 2.33. The maximum Gasteiger partial charge on any atom is 0.417 e. The number of nitrogens with zero attached hydrogens (tertiary/aromatic N) is 2.